The third-order valence-electron chi connectivity index (χ3n) is 2.46. The molecular formula is C14H18N2O2S2. The van der Waals surface area contributed by atoms with Gasteiger partial charge in [0.1, 0.15) is 5.75 Å². The maximum Gasteiger partial charge on any atom is 0.276 e. The Hall–Kier alpha value is -1.14. The summed E-state index contributed by atoms with van der Waals surface area (Å²) in [5.74, 6) is 4.55. The lowest BCUT2D eigenvalue weighted by Gasteiger charge is -2.03. The summed E-state index contributed by atoms with van der Waals surface area (Å²) in [6.45, 7) is 4.49. The van der Waals surface area contributed by atoms with Gasteiger partial charge in [-0.05, 0) is 30.4 Å². The second-order valence-corrected chi connectivity index (χ2v) is 6.55. The molecule has 0 saturated heterocycles. The first-order chi connectivity index (χ1) is 9.78. The van der Waals surface area contributed by atoms with E-state index in [0.29, 0.717) is 17.7 Å². The van der Waals surface area contributed by atoms with Crippen LogP contribution in [0.25, 0.3) is 0 Å². The van der Waals surface area contributed by atoms with Gasteiger partial charge in [-0.1, -0.05) is 30.8 Å². The molecule has 108 valence electrons. The highest BCUT2D eigenvalue weighted by Crippen LogP contribution is 2.19. The maximum absolute atomic E-state index is 5.62. The molecule has 2 rings (SSSR count). The van der Waals surface area contributed by atoms with Crippen molar-refractivity contribution in [3.8, 4) is 5.75 Å². The Morgan fingerprint density at radius 1 is 1.25 bits per heavy atom. The third-order valence-corrected chi connectivity index (χ3v) is 4.44. The summed E-state index contributed by atoms with van der Waals surface area (Å²) in [5, 5.41) is 8.60. The second kappa shape index (κ2) is 8.21. The minimum Gasteiger partial charge on any atom is -0.484 e. The Kier molecular flexibility index (Phi) is 6.26. The zero-order chi connectivity index (χ0) is 14.2. The van der Waals surface area contributed by atoms with E-state index in [2.05, 4.69) is 17.1 Å². The standard InChI is InChI=1S/C14H18N2O2S2/c1-3-19-7-8-20-14-16-15-13(18-14)10-17-12-6-4-5-11(2)9-12/h4-6,9H,3,7-8,10H2,1-2H3. The number of thioether (sulfide) groups is 2. The molecule has 0 spiro atoms. The zero-order valence-corrected chi connectivity index (χ0v) is 13.3. The number of rotatable bonds is 8. The summed E-state index contributed by atoms with van der Waals surface area (Å²) < 4.78 is 11.1. The molecule has 0 radical (unpaired) electrons. The average molecular weight is 310 g/mol. The molecule has 0 fully saturated rings. The van der Waals surface area contributed by atoms with E-state index < -0.39 is 0 Å². The molecule has 1 aromatic carbocycles. The molecule has 2 aromatic rings. The normalized spacial score (nSPS) is 10.7. The van der Waals surface area contributed by atoms with Crippen LogP contribution in [0.5, 0.6) is 5.75 Å². The summed E-state index contributed by atoms with van der Waals surface area (Å²) in [6, 6.07) is 7.89. The van der Waals surface area contributed by atoms with Crippen LogP contribution in [-0.4, -0.2) is 27.5 Å². The van der Waals surface area contributed by atoms with E-state index in [1.54, 1.807) is 11.8 Å². The van der Waals surface area contributed by atoms with Crippen molar-refractivity contribution in [1.29, 1.82) is 0 Å². The number of nitrogens with zero attached hydrogens (tertiary/aromatic N) is 2. The van der Waals surface area contributed by atoms with Gasteiger partial charge in [-0.25, -0.2) is 0 Å². The third kappa shape index (κ3) is 5.09. The maximum atomic E-state index is 5.62. The Labute approximate surface area is 127 Å². The molecule has 1 heterocycles. The Balaban J connectivity index is 1.78. The van der Waals surface area contributed by atoms with Gasteiger partial charge in [0.05, 0.1) is 0 Å². The number of hydrogen-bond acceptors (Lipinski definition) is 6. The number of aromatic nitrogens is 2. The molecule has 4 nitrogen and oxygen atoms in total. The Morgan fingerprint density at radius 3 is 2.95 bits per heavy atom. The first-order valence-electron chi connectivity index (χ1n) is 6.50. The van der Waals surface area contributed by atoms with Crippen LogP contribution < -0.4 is 4.74 Å². The predicted octanol–water partition coefficient (Wildman–Crippen LogP) is 3.80. The zero-order valence-electron chi connectivity index (χ0n) is 11.7. The van der Waals surface area contributed by atoms with Crippen LogP contribution in [-0.2, 0) is 6.61 Å². The fraction of sp³-hybridized carbons (Fsp3) is 0.429. The highest BCUT2D eigenvalue weighted by Gasteiger charge is 2.07. The number of benzene rings is 1. The van der Waals surface area contributed by atoms with Crippen molar-refractivity contribution in [2.24, 2.45) is 0 Å². The van der Waals surface area contributed by atoms with Crippen molar-refractivity contribution in [2.45, 2.75) is 25.7 Å². The topological polar surface area (TPSA) is 48.2 Å². The van der Waals surface area contributed by atoms with E-state index in [4.69, 9.17) is 9.15 Å². The minimum atomic E-state index is 0.306. The van der Waals surface area contributed by atoms with Crippen LogP contribution in [0.3, 0.4) is 0 Å². The molecule has 0 saturated carbocycles. The van der Waals surface area contributed by atoms with Crippen molar-refractivity contribution in [1.82, 2.24) is 10.2 Å². The lowest BCUT2D eigenvalue weighted by Crippen LogP contribution is -1.95. The lowest BCUT2D eigenvalue weighted by molar-refractivity contribution is 0.252. The molecule has 0 bridgehead atoms. The Morgan fingerprint density at radius 2 is 2.15 bits per heavy atom. The van der Waals surface area contributed by atoms with Gasteiger partial charge in [-0.3, -0.25) is 0 Å². The van der Waals surface area contributed by atoms with E-state index in [0.717, 1.165) is 28.6 Å². The van der Waals surface area contributed by atoms with Gasteiger partial charge in [-0.15, -0.1) is 10.2 Å². The molecule has 0 atom stereocenters. The van der Waals surface area contributed by atoms with Crippen LogP contribution in [0.15, 0.2) is 33.9 Å². The van der Waals surface area contributed by atoms with Gasteiger partial charge in [0.2, 0.25) is 0 Å². The summed E-state index contributed by atoms with van der Waals surface area (Å²) in [7, 11) is 0. The molecule has 0 N–H and O–H groups in total. The summed E-state index contributed by atoms with van der Waals surface area (Å²) in [6.07, 6.45) is 0. The molecule has 1 aromatic heterocycles. The highest BCUT2D eigenvalue weighted by molar-refractivity contribution is 8.02. The van der Waals surface area contributed by atoms with Gasteiger partial charge in [0, 0.05) is 11.5 Å². The van der Waals surface area contributed by atoms with Crippen LogP contribution in [0.2, 0.25) is 0 Å². The quantitative estimate of drug-likeness (QED) is 0.546. The first kappa shape index (κ1) is 15.3. The largest absolute Gasteiger partial charge is 0.484 e. The summed E-state index contributed by atoms with van der Waals surface area (Å²) in [5.41, 5.74) is 1.16. The molecule has 0 unspecified atom stereocenters. The van der Waals surface area contributed by atoms with Gasteiger partial charge in [-0.2, -0.15) is 11.8 Å². The van der Waals surface area contributed by atoms with Crippen LogP contribution in [0.4, 0.5) is 0 Å². The van der Waals surface area contributed by atoms with Crippen molar-refractivity contribution in [3.05, 3.63) is 35.7 Å². The van der Waals surface area contributed by atoms with E-state index in [1.807, 2.05) is 43.0 Å². The van der Waals surface area contributed by atoms with Gasteiger partial charge >= 0.3 is 0 Å². The summed E-state index contributed by atoms with van der Waals surface area (Å²) in [4.78, 5) is 0. The van der Waals surface area contributed by atoms with Crippen molar-refractivity contribution < 1.29 is 9.15 Å². The molecule has 6 heteroatoms. The molecule has 20 heavy (non-hydrogen) atoms. The monoisotopic (exact) mass is 310 g/mol. The molecule has 0 aliphatic rings. The lowest BCUT2D eigenvalue weighted by atomic mass is 10.2. The molecule has 0 aliphatic heterocycles. The van der Waals surface area contributed by atoms with Crippen LogP contribution >= 0.6 is 23.5 Å². The van der Waals surface area contributed by atoms with Crippen molar-refractivity contribution in [2.75, 3.05) is 17.3 Å². The van der Waals surface area contributed by atoms with Crippen LogP contribution in [0, 0.1) is 6.92 Å². The predicted molar refractivity (Wildman–Crippen MR) is 83.5 cm³/mol. The highest BCUT2D eigenvalue weighted by atomic mass is 32.2. The number of aryl methyl sites for hydroxylation is 1. The average Bonchev–Trinajstić information content (AvgIpc) is 2.89. The fourth-order valence-electron chi connectivity index (χ4n) is 1.54. The van der Waals surface area contributed by atoms with Crippen molar-refractivity contribution in [3.63, 3.8) is 0 Å². The molecular weight excluding hydrogens is 292 g/mol. The smallest absolute Gasteiger partial charge is 0.276 e. The van der Waals surface area contributed by atoms with Gasteiger partial charge in [0.25, 0.3) is 11.1 Å². The minimum absolute atomic E-state index is 0.306. The first-order valence-corrected chi connectivity index (χ1v) is 8.64. The molecule has 0 amide bonds. The van der Waals surface area contributed by atoms with Gasteiger partial charge < -0.3 is 9.15 Å². The molecule has 0 aliphatic carbocycles. The van der Waals surface area contributed by atoms with E-state index >= 15 is 0 Å². The van der Waals surface area contributed by atoms with Gasteiger partial charge in [0.15, 0.2) is 6.61 Å². The van der Waals surface area contributed by atoms with E-state index in [9.17, 15) is 0 Å². The SMILES string of the molecule is CCSCCSc1nnc(COc2cccc(C)c2)o1. The van der Waals surface area contributed by atoms with E-state index in [-0.39, 0.29) is 0 Å². The van der Waals surface area contributed by atoms with E-state index in [1.165, 1.54) is 0 Å². The fourth-order valence-corrected chi connectivity index (χ4v) is 3.06. The Bertz CT molecular complexity index is 531. The number of ether oxygens (including phenoxy) is 1. The van der Waals surface area contributed by atoms with Crippen LogP contribution in [0.1, 0.15) is 18.4 Å². The summed E-state index contributed by atoms with van der Waals surface area (Å²) >= 11 is 3.50. The number of hydrogen-bond donors (Lipinski definition) is 0. The van der Waals surface area contributed by atoms with Crippen molar-refractivity contribution >= 4 is 23.5 Å². The second-order valence-electron chi connectivity index (χ2n) is 4.11.